The van der Waals surface area contributed by atoms with Crippen molar-refractivity contribution >= 4 is 33.6 Å². The zero-order chi connectivity index (χ0) is 28.2. The van der Waals surface area contributed by atoms with Gasteiger partial charge in [0.1, 0.15) is 0 Å². The van der Waals surface area contributed by atoms with Crippen LogP contribution in [0.3, 0.4) is 0 Å². The van der Waals surface area contributed by atoms with Gasteiger partial charge in [-0.3, -0.25) is 5.01 Å². The standard InChI is InChI=1S/C38H32N4/c1-3-5-17-28(4-2)41-32-20-11-9-18-29(32)37-30-23-24-40(34-22-13-16-27(36(30)34)25-35(37)41)42-33-21-12-10-19-31(33)39-38(42)26-14-7-6-8-15-26/h4-24,35H,3,25H2,1-2H3/b17-5-,28-4+. The fraction of sp³-hybridized carbons (Fsp3) is 0.132. The van der Waals surface area contributed by atoms with Crippen LogP contribution in [0.2, 0.25) is 0 Å². The van der Waals surface area contributed by atoms with E-state index in [0.717, 1.165) is 35.3 Å². The summed E-state index contributed by atoms with van der Waals surface area (Å²) in [5.41, 5.74) is 13.7. The maximum atomic E-state index is 5.11. The van der Waals surface area contributed by atoms with E-state index < -0.39 is 0 Å². The molecule has 4 heteroatoms. The van der Waals surface area contributed by atoms with Gasteiger partial charge in [0, 0.05) is 34.3 Å². The number of anilines is 2. The lowest BCUT2D eigenvalue weighted by Gasteiger charge is -2.37. The van der Waals surface area contributed by atoms with Crippen LogP contribution in [0.15, 0.2) is 133 Å². The van der Waals surface area contributed by atoms with Gasteiger partial charge in [-0.25, -0.2) is 9.66 Å². The molecule has 1 aliphatic carbocycles. The first-order chi connectivity index (χ1) is 20.8. The zero-order valence-corrected chi connectivity index (χ0v) is 23.9. The number of rotatable bonds is 5. The second-order valence-corrected chi connectivity index (χ2v) is 11.0. The molecule has 1 atom stereocenters. The summed E-state index contributed by atoms with van der Waals surface area (Å²) in [6.07, 6.45) is 13.3. The number of hydrogen-bond acceptors (Lipinski definition) is 3. The van der Waals surface area contributed by atoms with Crippen molar-refractivity contribution in [2.45, 2.75) is 32.7 Å². The average Bonchev–Trinajstić information content (AvgIpc) is 3.59. The van der Waals surface area contributed by atoms with Gasteiger partial charge < -0.3 is 4.90 Å². The predicted octanol–water partition coefficient (Wildman–Crippen LogP) is 9.03. The molecule has 0 spiro atoms. The van der Waals surface area contributed by atoms with Crippen LogP contribution in [0, 0.1) is 0 Å². The molecule has 5 aromatic rings. The molecule has 0 bridgehead atoms. The van der Waals surface area contributed by atoms with Crippen molar-refractivity contribution in [2.75, 3.05) is 9.91 Å². The van der Waals surface area contributed by atoms with Crippen LogP contribution in [0.4, 0.5) is 11.4 Å². The quantitative estimate of drug-likeness (QED) is 0.206. The second kappa shape index (κ2) is 9.78. The van der Waals surface area contributed by atoms with Gasteiger partial charge in [0.05, 0.1) is 22.8 Å². The molecule has 0 saturated carbocycles. The highest BCUT2D eigenvalue weighted by Gasteiger charge is 2.41. The Balaban J connectivity index is 1.35. The fourth-order valence-electron chi connectivity index (χ4n) is 6.96. The number of nitrogens with zero attached hydrogens (tertiary/aromatic N) is 4. The van der Waals surface area contributed by atoms with Crippen LogP contribution in [-0.4, -0.2) is 15.7 Å². The molecule has 3 heterocycles. The van der Waals surface area contributed by atoms with E-state index in [2.05, 4.69) is 156 Å². The van der Waals surface area contributed by atoms with Crippen molar-refractivity contribution in [3.63, 3.8) is 0 Å². The number of imidazole rings is 1. The molecule has 0 N–H and O–H groups in total. The number of allylic oxidation sites excluding steroid dienone is 5. The predicted molar refractivity (Wildman–Crippen MR) is 175 cm³/mol. The maximum absolute atomic E-state index is 5.11. The average molecular weight is 545 g/mol. The Kier molecular flexibility index (Phi) is 5.75. The van der Waals surface area contributed by atoms with Gasteiger partial charge in [0.2, 0.25) is 0 Å². The Morgan fingerprint density at radius 3 is 2.52 bits per heavy atom. The van der Waals surface area contributed by atoms with Gasteiger partial charge in [0.15, 0.2) is 5.82 Å². The topological polar surface area (TPSA) is 24.3 Å². The molecule has 3 aliphatic rings. The summed E-state index contributed by atoms with van der Waals surface area (Å²) in [7, 11) is 0. The van der Waals surface area contributed by atoms with Crippen LogP contribution in [0.1, 0.15) is 37.0 Å². The second-order valence-electron chi connectivity index (χ2n) is 11.0. The van der Waals surface area contributed by atoms with E-state index >= 15 is 0 Å². The molecule has 0 fully saturated rings. The molecule has 0 radical (unpaired) electrons. The molecule has 1 unspecified atom stereocenters. The zero-order valence-electron chi connectivity index (χ0n) is 23.9. The fourth-order valence-corrected chi connectivity index (χ4v) is 6.96. The minimum atomic E-state index is 0.248. The van der Waals surface area contributed by atoms with Gasteiger partial charge >= 0.3 is 0 Å². The molecule has 42 heavy (non-hydrogen) atoms. The Morgan fingerprint density at radius 2 is 1.67 bits per heavy atom. The summed E-state index contributed by atoms with van der Waals surface area (Å²) in [6.45, 7) is 4.34. The molecule has 4 nitrogen and oxygen atoms in total. The van der Waals surface area contributed by atoms with E-state index in [1.165, 1.54) is 44.9 Å². The third-order valence-corrected chi connectivity index (χ3v) is 8.71. The van der Waals surface area contributed by atoms with Gasteiger partial charge in [-0.2, -0.15) is 0 Å². The molecule has 2 aliphatic heterocycles. The largest absolute Gasteiger partial charge is 0.333 e. The molecule has 8 rings (SSSR count). The van der Waals surface area contributed by atoms with E-state index in [9.17, 15) is 0 Å². The Labute approximate surface area is 246 Å². The highest BCUT2D eigenvalue weighted by Crippen LogP contribution is 2.53. The van der Waals surface area contributed by atoms with Gasteiger partial charge in [-0.05, 0) is 72.9 Å². The van der Waals surface area contributed by atoms with Crippen molar-refractivity contribution < 1.29 is 0 Å². The molecular formula is C38H32N4. The molecule has 1 aromatic heterocycles. The normalized spacial score (nSPS) is 17.3. The summed E-state index contributed by atoms with van der Waals surface area (Å²) in [5.74, 6) is 0.932. The molecule has 204 valence electrons. The molecule has 0 amide bonds. The van der Waals surface area contributed by atoms with Crippen molar-refractivity contribution in [1.29, 1.82) is 0 Å². The summed E-state index contributed by atoms with van der Waals surface area (Å²) < 4.78 is 2.27. The van der Waals surface area contributed by atoms with Crippen molar-refractivity contribution in [3.05, 3.63) is 150 Å². The van der Waals surface area contributed by atoms with E-state index in [1.54, 1.807) is 0 Å². The van der Waals surface area contributed by atoms with Gasteiger partial charge in [-0.1, -0.05) is 91.9 Å². The highest BCUT2D eigenvalue weighted by atomic mass is 15.6. The number of benzene rings is 4. The smallest absolute Gasteiger partial charge is 0.160 e. The monoisotopic (exact) mass is 544 g/mol. The van der Waals surface area contributed by atoms with E-state index in [-0.39, 0.29) is 6.04 Å². The first-order valence-corrected chi connectivity index (χ1v) is 14.9. The van der Waals surface area contributed by atoms with Gasteiger partial charge in [0.25, 0.3) is 0 Å². The number of fused-ring (bicyclic) bond motifs is 4. The summed E-state index contributed by atoms with van der Waals surface area (Å²) in [4.78, 5) is 7.66. The van der Waals surface area contributed by atoms with Crippen molar-refractivity contribution in [1.82, 2.24) is 9.66 Å². The summed E-state index contributed by atoms with van der Waals surface area (Å²) >= 11 is 0. The van der Waals surface area contributed by atoms with E-state index in [4.69, 9.17) is 4.98 Å². The molecule has 4 aromatic carbocycles. The highest BCUT2D eigenvalue weighted by molar-refractivity contribution is 6.10. The lowest BCUT2D eigenvalue weighted by molar-refractivity contribution is 0.775. The van der Waals surface area contributed by atoms with E-state index in [0.29, 0.717) is 0 Å². The number of para-hydroxylation sites is 3. The first kappa shape index (κ1) is 24.7. The number of aromatic nitrogens is 2. The lowest BCUT2D eigenvalue weighted by Crippen LogP contribution is -2.36. The van der Waals surface area contributed by atoms with Crippen molar-refractivity contribution in [2.24, 2.45) is 0 Å². The lowest BCUT2D eigenvalue weighted by atomic mass is 9.79. The SMILES string of the molecule is C/C=C(\C=C/CC)N1c2ccccc2C2=C3C=CN(n4c(-c5ccccc5)nc5ccccc54)c4cccc(c43)CC21. The Hall–Kier alpha value is -5.09. The van der Waals surface area contributed by atoms with Crippen molar-refractivity contribution in [3.8, 4) is 11.4 Å². The van der Waals surface area contributed by atoms with Crippen LogP contribution >= 0.6 is 0 Å². The third-order valence-electron chi connectivity index (χ3n) is 8.71. The van der Waals surface area contributed by atoms with E-state index in [1.807, 2.05) is 0 Å². The van der Waals surface area contributed by atoms with Crippen LogP contribution < -0.4 is 9.91 Å². The summed E-state index contributed by atoms with van der Waals surface area (Å²) in [6, 6.07) is 34.9. The molecular weight excluding hydrogens is 512 g/mol. The minimum Gasteiger partial charge on any atom is -0.333 e. The Bertz CT molecular complexity index is 1970. The maximum Gasteiger partial charge on any atom is 0.160 e. The van der Waals surface area contributed by atoms with Gasteiger partial charge in [-0.15, -0.1) is 0 Å². The van der Waals surface area contributed by atoms with Crippen LogP contribution in [-0.2, 0) is 6.42 Å². The number of hydrogen-bond donors (Lipinski definition) is 0. The Morgan fingerprint density at radius 1 is 0.881 bits per heavy atom. The summed E-state index contributed by atoms with van der Waals surface area (Å²) in [5, 5.41) is 2.29. The minimum absolute atomic E-state index is 0.248. The first-order valence-electron chi connectivity index (χ1n) is 14.9. The third kappa shape index (κ3) is 3.58. The molecule has 0 saturated heterocycles. The van der Waals surface area contributed by atoms with Crippen LogP contribution in [0.25, 0.3) is 33.6 Å². The van der Waals surface area contributed by atoms with Crippen LogP contribution in [0.5, 0.6) is 0 Å².